The van der Waals surface area contributed by atoms with Gasteiger partial charge in [0.25, 0.3) is 0 Å². The summed E-state index contributed by atoms with van der Waals surface area (Å²) in [5, 5.41) is 0.740. The van der Waals surface area contributed by atoms with Gasteiger partial charge in [-0.3, -0.25) is 0 Å². The maximum absolute atomic E-state index is 5.83. The maximum Gasteiger partial charge on any atom is 0.0406 e. The molecule has 90 valence electrons. The van der Waals surface area contributed by atoms with Gasteiger partial charge in [-0.05, 0) is 48.4 Å². The van der Waals surface area contributed by atoms with Crippen LogP contribution in [0, 0.1) is 11.8 Å². The first kappa shape index (κ1) is 12.7. The standard InChI is InChI=1S/C17H15Cl/c1-2-3-14-4-6-15(7-5-14)8-9-16-10-12-17(18)13-11-16/h4-7,10-13H,2-3H2,1H3. The number of hydrogen-bond donors (Lipinski definition) is 0. The van der Waals surface area contributed by atoms with Crippen molar-refractivity contribution in [3.63, 3.8) is 0 Å². The molecular formula is C17H15Cl. The molecule has 0 unspecified atom stereocenters. The molecule has 0 aliphatic heterocycles. The Hall–Kier alpha value is -1.71. The van der Waals surface area contributed by atoms with Gasteiger partial charge in [0, 0.05) is 16.1 Å². The van der Waals surface area contributed by atoms with Crippen molar-refractivity contribution in [2.75, 3.05) is 0 Å². The zero-order chi connectivity index (χ0) is 12.8. The largest absolute Gasteiger partial charge is 0.0843 e. The molecule has 0 amide bonds. The lowest BCUT2D eigenvalue weighted by atomic mass is 10.1. The van der Waals surface area contributed by atoms with Gasteiger partial charge in [-0.2, -0.15) is 0 Å². The minimum absolute atomic E-state index is 0.740. The van der Waals surface area contributed by atoms with Crippen LogP contribution in [0.5, 0.6) is 0 Å². The molecule has 0 radical (unpaired) electrons. The number of hydrogen-bond acceptors (Lipinski definition) is 0. The third-order valence-electron chi connectivity index (χ3n) is 2.69. The normalized spacial score (nSPS) is 9.67. The smallest absolute Gasteiger partial charge is 0.0406 e. The average Bonchev–Trinajstić information content (AvgIpc) is 2.40. The molecule has 0 fully saturated rings. The zero-order valence-electron chi connectivity index (χ0n) is 10.4. The van der Waals surface area contributed by atoms with Crippen LogP contribution in [0.1, 0.15) is 30.0 Å². The van der Waals surface area contributed by atoms with Crippen LogP contribution < -0.4 is 0 Å². The maximum atomic E-state index is 5.83. The molecule has 2 aromatic carbocycles. The third-order valence-corrected chi connectivity index (χ3v) is 2.94. The highest BCUT2D eigenvalue weighted by Gasteiger charge is 1.91. The number of halogens is 1. The van der Waals surface area contributed by atoms with E-state index < -0.39 is 0 Å². The summed E-state index contributed by atoms with van der Waals surface area (Å²) < 4.78 is 0. The van der Waals surface area contributed by atoms with Crippen molar-refractivity contribution in [3.8, 4) is 11.8 Å². The van der Waals surface area contributed by atoms with Crippen molar-refractivity contribution >= 4 is 11.6 Å². The first-order chi connectivity index (χ1) is 8.78. The summed E-state index contributed by atoms with van der Waals surface area (Å²) in [4.78, 5) is 0. The summed E-state index contributed by atoms with van der Waals surface area (Å²) in [5.74, 6) is 6.29. The Morgan fingerprint density at radius 1 is 0.833 bits per heavy atom. The van der Waals surface area contributed by atoms with Crippen molar-refractivity contribution in [3.05, 3.63) is 70.2 Å². The first-order valence-electron chi connectivity index (χ1n) is 6.14. The molecule has 0 nitrogen and oxygen atoms in total. The van der Waals surface area contributed by atoms with E-state index in [9.17, 15) is 0 Å². The molecule has 0 aliphatic rings. The average molecular weight is 255 g/mol. The van der Waals surface area contributed by atoms with Crippen LogP contribution in [-0.4, -0.2) is 0 Å². The quantitative estimate of drug-likeness (QED) is 0.682. The summed E-state index contributed by atoms with van der Waals surface area (Å²) in [6.07, 6.45) is 2.31. The molecule has 18 heavy (non-hydrogen) atoms. The summed E-state index contributed by atoms with van der Waals surface area (Å²) in [6, 6.07) is 16.0. The van der Waals surface area contributed by atoms with Crippen LogP contribution >= 0.6 is 11.6 Å². The van der Waals surface area contributed by atoms with E-state index in [1.165, 1.54) is 12.0 Å². The molecule has 0 aliphatic carbocycles. The van der Waals surface area contributed by atoms with Gasteiger partial charge in [-0.25, -0.2) is 0 Å². The van der Waals surface area contributed by atoms with Gasteiger partial charge < -0.3 is 0 Å². The Labute approximate surface area is 114 Å². The van der Waals surface area contributed by atoms with Gasteiger partial charge in [0.05, 0.1) is 0 Å². The van der Waals surface area contributed by atoms with Crippen molar-refractivity contribution in [2.24, 2.45) is 0 Å². The molecule has 0 bridgehead atoms. The lowest BCUT2D eigenvalue weighted by Gasteiger charge is -1.97. The van der Waals surface area contributed by atoms with E-state index in [1.807, 2.05) is 24.3 Å². The van der Waals surface area contributed by atoms with Crippen LogP contribution in [0.3, 0.4) is 0 Å². The minimum atomic E-state index is 0.740. The van der Waals surface area contributed by atoms with Crippen molar-refractivity contribution in [1.29, 1.82) is 0 Å². The third kappa shape index (κ3) is 3.65. The Morgan fingerprint density at radius 2 is 1.33 bits per heavy atom. The molecule has 0 atom stereocenters. The molecule has 0 aromatic heterocycles. The molecule has 2 aromatic rings. The van der Waals surface area contributed by atoms with Crippen molar-refractivity contribution < 1.29 is 0 Å². The highest BCUT2D eigenvalue weighted by Crippen LogP contribution is 2.09. The summed E-state index contributed by atoms with van der Waals surface area (Å²) in [6.45, 7) is 2.19. The number of rotatable bonds is 2. The van der Waals surface area contributed by atoms with Gasteiger partial charge in [0.1, 0.15) is 0 Å². The van der Waals surface area contributed by atoms with Crippen molar-refractivity contribution in [2.45, 2.75) is 19.8 Å². The fourth-order valence-corrected chi connectivity index (χ4v) is 1.85. The molecule has 2 rings (SSSR count). The van der Waals surface area contributed by atoms with Gasteiger partial charge in [-0.15, -0.1) is 0 Å². The molecule has 0 saturated carbocycles. The molecule has 0 spiro atoms. The Bertz CT molecular complexity index is 553. The molecule has 1 heteroatoms. The number of aryl methyl sites for hydroxylation is 1. The fraction of sp³-hybridized carbons (Fsp3) is 0.176. The Morgan fingerprint density at radius 3 is 1.83 bits per heavy atom. The first-order valence-corrected chi connectivity index (χ1v) is 6.52. The van der Waals surface area contributed by atoms with Gasteiger partial charge in [-0.1, -0.05) is 48.9 Å². The second kappa shape index (κ2) is 6.28. The molecule has 0 saturated heterocycles. The number of benzene rings is 2. The van der Waals surface area contributed by atoms with Gasteiger partial charge in [0.15, 0.2) is 0 Å². The van der Waals surface area contributed by atoms with Gasteiger partial charge in [0.2, 0.25) is 0 Å². The molecular weight excluding hydrogens is 240 g/mol. The van der Waals surface area contributed by atoms with Crippen LogP contribution in [0.15, 0.2) is 48.5 Å². The highest BCUT2D eigenvalue weighted by molar-refractivity contribution is 6.30. The summed E-state index contributed by atoms with van der Waals surface area (Å²) in [7, 11) is 0. The topological polar surface area (TPSA) is 0 Å². The molecule has 0 N–H and O–H groups in total. The fourth-order valence-electron chi connectivity index (χ4n) is 1.72. The van der Waals surface area contributed by atoms with Crippen LogP contribution in [0.4, 0.5) is 0 Å². The van der Waals surface area contributed by atoms with E-state index in [0.717, 1.165) is 22.6 Å². The predicted octanol–water partition coefficient (Wildman–Crippen LogP) is 4.69. The van der Waals surface area contributed by atoms with Crippen LogP contribution in [-0.2, 0) is 6.42 Å². The summed E-state index contributed by atoms with van der Waals surface area (Å²) >= 11 is 5.83. The second-order valence-corrected chi connectivity index (χ2v) is 4.64. The lowest BCUT2D eigenvalue weighted by Crippen LogP contribution is -1.83. The predicted molar refractivity (Wildman–Crippen MR) is 77.9 cm³/mol. The van der Waals surface area contributed by atoms with E-state index >= 15 is 0 Å². The van der Waals surface area contributed by atoms with Crippen LogP contribution in [0.25, 0.3) is 0 Å². The highest BCUT2D eigenvalue weighted by atomic mass is 35.5. The monoisotopic (exact) mass is 254 g/mol. The van der Waals surface area contributed by atoms with E-state index in [1.54, 1.807) is 0 Å². The SMILES string of the molecule is CCCc1ccc(C#Cc2ccc(Cl)cc2)cc1. The van der Waals surface area contributed by atoms with Crippen LogP contribution in [0.2, 0.25) is 5.02 Å². The second-order valence-electron chi connectivity index (χ2n) is 4.20. The molecule has 0 heterocycles. The van der Waals surface area contributed by atoms with E-state index in [4.69, 9.17) is 11.6 Å². The van der Waals surface area contributed by atoms with E-state index in [2.05, 4.69) is 43.0 Å². The minimum Gasteiger partial charge on any atom is -0.0843 e. The Balaban J connectivity index is 2.12. The van der Waals surface area contributed by atoms with E-state index in [0.29, 0.717) is 0 Å². The van der Waals surface area contributed by atoms with E-state index in [-0.39, 0.29) is 0 Å². The summed E-state index contributed by atoms with van der Waals surface area (Å²) in [5.41, 5.74) is 3.40. The van der Waals surface area contributed by atoms with Gasteiger partial charge >= 0.3 is 0 Å². The Kier molecular flexibility index (Phi) is 4.45. The zero-order valence-corrected chi connectivity index (χ0v) is 11.2. The van der Waals surface area contributed by atoms with Crippen molar-refractivity contribution in [1.82, 2.24) is 0 Å². The lowest BCUT2D eigenvalue weighted by molar-refractivity contribution is 0.922.